The number of aromatic nitrogens is 1. The number of carbonyl (C=O) groups is 1. The molecule has 3 aromatic rings. The molecule has 21 heavy (non-hydrogen) atoms. The Kier molecular flexibility index (Phi) is 3.39. The van der Waals surface area contributed by atoms with E-state index in [2.05, 4.69) is 4.98 Å². The van der Waals surface area contributed by atoms with Gasteiger partial charge in [-0.1, -0.05) is 23.7 Å². The number of fused-ring (bicyclic) bond motifs is 1. The van der Waals surface area contributed by atoms with Gasteiger partial charge >= 0.3 is 0 Å². The molecule has 5 heteroatoms. The van der Waals surface area contributed by atoms with Crippen molar-refractivity contribution < 1.29 is 13.9 Å². The highest BCUT2D eigenvalue weighted by Gasteiger charge is 2.18. The van der Waals surface area contributed by atoms with Crippen LogP contribution >= 0.6 is 11.6 Å². The van der Waals surface area contributed by atoms with Crippen molar-refractivity contribution in [2.24, 2.45) is 0 Å². The molecule has 0 aliphatic heterocycles. The molecule has 0 radical (unpaired) electrons. The summed E-state index contributed by atoms with van der Waals surface area (Å²) in [5.74, 6) is 0.0976. The molecule has 0 atom stereocenters. The van der Waals surface area contributed by atoms with Crippen LogP contribution < -0.4 is 4.74 Å². The quantitative estimate of drug-likeness (QED) is 0.726. The second-order valence-electron chi connectivity index (χ2n) is 4.54. The van der Waals surface area contributed by atoms with E-state index in [9.17, 15) is 9.18 Å². The van der Waals surface area contributed by atoms with Crippen LogP contribution in [-0.4, -0.2) is 18.4 Å². The van der Waals surface area contributed by atoms with Crippen LogP contribution in [0.4, 0.5) is 4.39 Å². The Hall–Kier alpha value is -2.33. The Labute approximate surface area is 125 Å². The highest BCUT2D eigenvalue weighted by molar-refractivity contribution is 6.31. The van der Waals surface area contributed by atoms with Crippen molar-refractivity contribution in [3.8, 4) is 17.0 Å². The van der Waals surface area contributed by atoms with Crippen molar-refractivity contribution in [1.29, 1.82) is 0 Å². The summed E-state index contributed by atoms with van der Waals surface area (Å²) in [6.07, 6.45) is 0.691. The predicted octanol–water partition coefficient (Wildman–Crippen LogP) is 4.45. The number of nitrogens with one attached hydrogen (secondary N) is 1. The maximum absolute atomic E-state index is 14.0. The van der Waals surface area contributed by atoms with Crippen LogP contribution in [0.15, 0.2) is 36.4 Å². The normalized spacial score (nSPS) is 10.8. The topological polar surface area (TPSA) is 42.1 Å². The molecule has 1 N–H and O–H groups in total. The molecule has 0 unspecified atom stereocenters. The lowest BCUT2D eigenvalue weighted by Gasteiger charge is -2.07. The zero-order valence-electron chi connectivity index (χ0n) is 11.1. The first-order chi connectivity index (χ1) is 10.2. The molecule has 106 valence electrons. The summed E-state index contributed by atoms with van der Waals surface area (Å²) in [6.45, 7) is 0. The second-order valence-corrected chi connectivity index (χ2v) is 4.98. The van der Waals surface area contributed by atoms with Crippen LogP contribution in [-0.2, 0) is 0 Å². The van der Waals surface area contributed by atoms with Crippen molar-refractivity contribution >= 4 is 28.8 Å². The summed E-state index contributed by atoms with van der Waals surface area (Å²) >= 11 is 5.87. The number of hydrogen-bond donors (Lipinski definition) is 1. The SMILES string of the molecule is COc1ccccc1-c1[nH]c2c(F)cc(Cl)cc2c1C=O. The minimum Gasteiger partial charge on any atom is -0.496 e. The largest absolute Gasteiger partial charge is 0.496 e. The van der Waals surface area contributed by atoms with Crippen molar-refractivity contribution in [3.05, 3.63) is 52.8 Å². The molecular weight excluding hydrogens is 293 g/mol. The molecule has 0 spiro atoms. The summed E-state index contributed by atoms with van der Waals surface area (Å²) in [5.41, 5.74) is 1.81. The molecule has 1 heterocycles. The van der Waals surface area contributed by atoms with Crippen molar-refractivity contribution in [2.75, 3.05) is 7.11 Å². The Morgan fingerprint density at radius 2 is 2.05 bits per heavy atom. The molecule has 0 saturated carbocycles. The van der Waals surface area contributed by atoms with Gasteiger partial charge in [0.25, 0.3) is 0 Å². The third-order valence-electron chi connectivity index (χ3n) is 3.36. The van der Waals surface area contributed by atoms with Crippen LogP contribution in [0.2, 0.25) is 5.02 Å². The van der Waals surface area contributed by atoms with Gasteiger partial charge in [-0.15, -0.1) is 0 Å². The third kappa shape index (κ3) is 2.17. The number of hydrogen-bond acceptors (Lipinski definition) is 2. The van der Waals surface area contributed by atoms with Gasteiger partial charge in [-0.05, 0) is 24.3 Å². The summed E-state index contributed by atoms with van der Waals surface area (Å²) in [5, 5.41) is 0.699. The number of carbonyl (C=O) groups excluding carboxylic acids is 1. The maximum atomic E-state index is 14.0. The molecule has 0 aliphatic carbocycles. The number of aldehydes is 1. The molecule has 0 bridgehead atoms. The van der Waals surface area contributed by atoms with E-state index in [-0.39, 0.29) is 10.5 Å². The number of H-pyrrole nitrogens is 1. The fourth-order valence-corrected chi connectivity index (χ4v) is 2.63. The Morgan fingerprint density at radius 1 is 1.29 bits per heavy atom. The average Bonchev–Trinajstić information content (AvgIpc) is 2.85. The molecular formula is C16H11ClFNO2. The van der Waals surface area contributed by atoms with E-state index in [0.717, 1.165) is 0 Å². The smallest absolute Gasteiger partial charge is 0.152 e. The van der Waals surface area contributed by atoms with Gasteiger partial charge in [0.1, 0.15) is 11.6 Å². The van der Waals surface area contributed by atoms with E-state index in [1.54, 1.807) is 25.3 Å². The van der Waals surface area contributed by atoms with Gasteiger partial charge in [-0.2, -0.15) is 0 Å². The number of halogens is 2. The van der Waals surface area contributed by atoms with E-state index in [1.165, 1.54) is 6.07 Å². The van der Waals surface area contributed by atoms with Crippen LogP contribution in [0.1, 0.15) is 10.4 Å². The highest BCUT2D eigenvalue weighted by atomic mass is 35.5. The summed E-state index contributed by atoms with van der Waals surface area (Å²) < 4.78 is 19.3. The van der Waals surface area contributed by atoms with Gasteiger partial charge in [0, 0.05) is 21.5 Å². The van der Waals surface area contributed by atoms with Crippen molar-refractivity contribution in [2.45, 2.75) is 0 Å². The first-order valence-electron chi connectivity index (χ1n) is 6.25. The number of para-hydroxylation sites is 1. The standard InChI is InChI=1S/C16H11ClFNO2/c1-21-14-5-3-2-4-10(14)15-12(8-20)11-6-9(17)7-13(18)16(11)19-15/h2-8,19H,1H3. The molecule has 0 amide bonds. The molecule has 0 aliphatic rings. The van der Waals surface area contributed by atoms with Crippen molar-refractivity contribution in [3.63, 3.8) is 0 Å². The monoisotopic (exact) mass is 303 g/mol. The Balaban J connectivity index is 2.38. The lowest BCUT2D eigenvalue weighted by molar-refractivity contribution is 0.112. The van der Waals surface area contributed by atoms with Crippen LogP contribution in [0, 0.1) is 5.82 Å². The highest BCUT2D eigenvalue weighted by Crippen LogP contribution is 2.36. The van der Waals surface area contributed by atoms with Gasteiger partial charge in [0.15, 0.2) is 6.29 Å². The molecule has 2 aromatic carbocycles. The van der Waals surface area contributed by atoms with Gasteiger partial charge < -0.3 is 9.72 Å². The molecule has 3 rings (SSSR count). The molecule has 0 saturated heterocycles. The number of benzene rings is 2. The fraction of sp³-hybridized carbons (Fsp3) is 0.0625. The number of methoxy groups -OCH3 is 1. The van der Waals surface area contributed by atoms with Gasteiger partial charge in [-0.25, -0.2) is 4.39 Å². The van der Waals surface area contributed by atoms with Crippen LogP contribution in [0.5, 0.6) is 5.75 Å². The zero-order chi connectivity index (χ0) is 15.0. The van der Waals surface area contributed by atoms with E-state index in [0.29, 0.717) is 34.2 Å². The second kappa shape index (κ2) is 5.22. The third-order valence-corrected chi connectivity index (χ3v) is 3.58. The van der Waals surface area contributed by atoms with E-state index < -0.39 is 5.82 Å². The van der Waals surface area contributed by atoms with Gasteiger partial charge in [-0.3, -0.25) is 4.79 Å². The van der Waals surface area contributed by atoms with Gasteiger partial charge in [0.05, 0.1) is 18.3 Å². The van der Waals surface area contributed by atoms with Crippen molar-refractivity contribution in [1.82, 2.24) is 4.98 Å². The Bertz CT molecular complexity index is 842. The van der Waals surface area contributed by atoms with E-state index >= 15 is 0 Å². The van der Waals surface area contributed by atoms with Gasteiger partial charge in [0.2, 0.25) is 0 Å². The first-order valence-corrected chi connectivity index (χ1v) is 6.62. The lowest BCUT2D eigenvalue weighted by Crippen LogP contribution is -1.90. The van der Waals surface area contributed by atoms with E-state index in [1.807, 2.05) is 12.1 Å². The summed E-state index contributed by atoms with van der Waals surface area (Å²) in [6, 6.07) is 10.00. The number of rotatable bonds is 3. The summed E-state index contributed by atoms with van der Waals surface area (Å²) in [4.78, 5) is 14.4. The minimum atomic E-state index is -0.498. The summed E-state index contributed by atoms with van der Waals surface area (Å²) in [7, 11) is 1.54. The predicted molar refractivity (Wildman–Crippen MR) is 80.6 cm³/mol. The lowest BCUT2D eigenvalue weighted by atomic mass is 10.1. The molecule has 0 fully saturated rings. The Morgan fingerprint density at radius 3 is 2.76 bits per heavy atom. The fourth-order valence-electron chi connectivity index (χ4n) is 2.43. The number of ether oxygens (including phenoxy) is 1. The molecule has 1 aromatic heterocycles. The maximum Gasteiger partial charge on any atom is 0.152 e. The molecule has 3 nitrogen and oxygen atoms in total. The zero-order valence-corrected chi connectivity index (χ0v) is 11.9. The van der Waals surface area contributed by atoms with E-state index in [4.69, 9.17) is 16.3 Å². The minimum absolute atomic E-state index is 0.244. The first kappa shape index (κ1) is 13.6. The average molecular weight is 304 g/mol. The van der Waals surface area contributed by atoms with Crippen LogP contribution in [0.3, 0.4) is 0 Å². The number of aromatic amines is 1. The van der Waals surface area contributed by atoms with Crippen LogP contribution in [0.25, 0.3) is 22.2 Å².